The van der Waals surface area contributed by atoms with Gasteiger partial charge in [-0.05, 0) is 37.1 Å². The molecule has 22 heavy (non-hydrogen) atoms. The first-order valence-corrected chi connectivity index (χ1v) is 7.17. The maximum absolute atomic E-state index is 12.3. The van der Waals surface area contributed by atoms with Gasteiger partial charge in [0.05, 0.1) is 19.0 Å². The number of nitrogens with one attached hydrogen (secondary N) is 1. The van der Waals surface area contributed by atoms with Crippen LogP contribution in [0.25, 0.3) is 0 Å². The van der Waals surface area contributed by atoms with Crippen molar-refractivity contribution in [3.05, 3.63) is 54.4 Å². The van der Waals surface area contributed by atoms with Gasteiger partial charge in [-0.25, -0.2) is 4.79 Å². The first kappa shape index (κ1) is 15.8. The number of urea groups is 1. The molecule has 2 rings (SSSR count). The lowest BCUT2D eigenvalue weighted by Crippen LogP contribution is -2.39. The van der Waals surface area contributed by atoms with E-state index in [1.807, 2.05) is 37.3 Å². The van der Waals surface area contributed by atoms with Crippen molar-refractivity contribution in [1.29, 1.82) is 0 Å². The van der Waals surface area contributed by atoms with E-state index >= 15 is 0 Å². The van der Waals surface area contributed by atoms with E-state index in [-0.39, 0.29) is 12.1 Å². The molecule has 1 aromatic carbocycles. The Bertz CT molecular complexity index is 616. The molecule has 2 amide bonds. The molecular weight excluding hydrogens is 278 g/mol. The summed E-state index contributed by atoms with van der Waals surface area (Å²) >= 11 is 0. The van der Waals surface area contributed by atoms with Crippen molar-refractivity contribution >= 4 is 11.7 Å². The number of benzene rings is 1. The molecule has 0 fully saturated rings. The van der Waals surface area contributed by atoms with Gasteiger partial charge < -0.3 is 15.0 Å². The molecule has 0 aliphatic carbocycles. The van der Waals surface area contributed by atoms with Crippen LogP contribution in [-0.4, -0.2) is 36.1 Å². The van der Waals surface area contributed by atoms with Gasteiger partial charge in [0.25, 0.3) is 0 Å². The van der Waals surface area contributed by atoms with Gasteiger partial charge in [-0.1, -0.05) is 18.2 Å². The quantitative estimate of drug-likeness (QED) is 0.922. The van der Waals surface area contributed by atoms with Crippen LogP contribution < -0.4 is 10.1 Å². The first-order valence-electron chi connectivity index (χ1n) is 7.17. The Morgan fingerprint density at radius 3 is 2.77 bits per heavy atom. The summed E-state index contributed by atoms with van der Waals surface area (Å²) in [5.41, 5.74) is 1.77. The minimum Gasteiger partial charge on any atom is -0.496 e. The van der Waals surface area contributed by atoms with Gasteiger partial charge >= 0.3 is 6.03 Å². The summed E-state index contributed by atoms with van der Waals surface area (Å²) in [7, 11) is 3.44. The number of hydrogen-bond donors (Lipinski definition) is 1. The molecule has 0 aliphatic heterocycles. The highest BCUT2D eigenvalue weighted by molar-refractivity contribution is 5.89. The fourth-order valence-electron chi connectivity index (χ4n) is 2.18. The second kappa shape index (κ2) is 7.45. The van der Waals surface area contributed by atoms with Crippen LogP contribution in [0.2, 0.25) is 0 Å². The molecule has 0 bridgehead atoms. The van der Waals surface area contributed by atoms with Gasteiger partial charge in [0.15, 0.2) is 0 Å². The highest BCUT2D eigenvalue weighted by atomic mass is 16.5. The third kappa shape index (κ3) is 3.97. The molecular formula is C17H21N3O2. The standard InChI is InChI=1S/C17H21N3O2/c1-13(11-14-7-4-5-9-16(14)22-3)20(2)17(21)19-15-8-6-10-18-12-15/h4-10,12-13H,11H2,1-3H3,(H,19,21)/t13-/m1/s1. The molecule has 116 valence electrons. The predicted octanol–water partition coefficient (Wildman–Crippen LogP) is 3.19. The molecule has 0 saturated carbocycles. The van der Waals surface area contributed by atoms with Crippen molar-refractivity contribution in [1.82, 2.24) is 9.88 Å². The molecule has 1 aromatic heterocycles. The molecule has 5 heteroatoms. The third-order valence-electron chi connectivity index (χ3n) is 3.60. The lowest BCUT2D eigenvalue weighted by molar-refractivity contribution is 0.207. The van der Waals surface area contributed by atoms with E-state index in [0.717, 1.165) is 17.7 Å². The van der Waals surface area contributed by atoms with Crippen molar-refractivity contribution in [2.45, 2.75) is 19.4 Å². The van der Waals surface area contributed by atoms with Crippen LogP contribution in [0.4, 0.5) is 10.5 Å². The molecule has 1 N–H and O–H groups in total. The van der Waals surface area contributed by atoms with Crippen molar-refractivity contribution in [3.8, 4) is 5.75 Å². The van der Waals surface area contributed by atoms with E-state index in [1.54, 1.807) is 37.5 Å². The second-order valence-corrected chi connectivity index (χ2v) is 5.15. The van der Waals surface area contributed by atoms with E-state index < -0.39 is 0 Å². The maximum atomic E-state index is 12.3. The van der Waals surface area contributed by atoms with Gasteiger partial charge in [0.2, 0.25) is 0 Å². The van der Waals surface area contributed by atoms with Crippen LogP contribution in [0.3, 0.4) is 0 Å². The molecule has 0 saturated heterocycles. The Kier molecular flexibility index (Phi) is 5.36. The number of likely N-dealkylation sites (N-methyl/N-ethyl adjacent to an activating group) is 1. The molecule has 0 unspecified atom stereocenters. The highest BCUT2D eigenvalue weighted by Crippen LogP contribution is 2.20. The number of nitrogens with zero attached hydrogens (tertiary/aromatic N) is 2. The monoisotopic (exact) mass is 299 g/mol. The summed E-state index contributed by atoms with van der Waals surface area (Å²) in [5.74, 6) is 0.843. The zero-order valence-corrected chi connectivity index (χ0v) is 13.1. The summed E-state index contributed by atoms with van der Waals surface area (Å²) < 4.78 is 5.35. The van der Waals surface area contributed by atoms with Gasteiger partial charge in [0.1, 0.15) is 5.75 Å². The SMILES string of the molecule is COc1ccccc1C[C@@H](C)N(C)C(=O)Nc1cccnc1. The number of hydrogen-bond acceptors (Lipinski definition) is 3. The summed E-state index contributed by atoms with van der Waals surface area (Å²) in [5, 5.41) is 2.83. The van der Waals surface area contributed by atoms with Crippen LogP contribution in [-0.2, 0) is 6.42 Å². The highest BCUT2D eigenvalue weighted by Gasteiger charge is 2.17. The Morgan fingerprint density at radius 2 is 2.09 bits per heavy atom. The normalized spacial score (nSPS) is 11.6. The molecule has 5 nitrogen and oxygen atoms in total. The zero-order chi connectivity index (χ0) is 15.9. The molecule has 1 atom stereocenters. The van der Waals surface area contributed by atoms with E-state index in [0.29, 0.717) is 5.69 Å². The average molecular weight is 299 g/mol. The van der Waals surface area contributed by atoms with E-state index in [9.17, 15) is 4.79 Å². The number of para-hydroxylation sites is 1. The van der Waals surface area contributed by atoms with Gasteiger partial charge in [-0.15, -0.1) is 0 Å². The largest absolute Gasteiger partial charge is 0.496 e. The first-order chi connectivity index (χ1) is 10.6. The predicted molar refractivity (Wildman–Crippen MR) is 87.2 cm³/mol. The number of aromatic nitrogens is 1. The molecule has 0 aliphatic rings. The summed E-state index contributed by atoms with van der Waals surface area (Å²) in [6.07, 6.45) is 4.02. The number of ether oxygens (including phenoxy) is 1. The Morgan fingerprint density at radius 1 is 1.32 bits per heavy atom. The number of rotatable bonds is 5. The lowest BCUT2D eigenvalue weighted by atomic mass is 10.1. The van der Waals surface area contributed by atoms with Gasteiger partial charge in [-0.3, -0.25) is 4.98 Å². The summed E-state index contributed by atoms with van der Waals surface area (Å²) in [6, 6.07) is 11.3. The maximum Gasteiger partial charge on any atom is 0.321 e. The van der Waals surface area contributed by atoms with Crippen LogP contribution in [0.5, 0.6) is 5.75 Å². The molecule has 2 aromatic rings. The van der Waals surface area contributed by atoms with Crippen molar-refractivity contribution < 1.29 is 9.53 Å². The summed E-state index contributed by atoms with van der Waals surface area (Å²) in [4.78, 5) is 17.9. The summed E-state index contributed by atoms with van der Waals surface area (Å²) in [6.45, 7) is 2.01. The van der Waals surface area contributed by atoms with E-state index in [4.69, 9.17) is 4.74 Å². The number of anilines is 1. The fourth-order valence-corrected chi connectivity index (χ4v) is 2.18. The molecule has 0 spiro atoms. The van der Waals surface area contributed by atoms with Crippen LogP contribution in [0, 0.1) is 0 Å². The number of carbonyl (C=O) groups excluding carboxylic acids is 1. The minimum absolute atomic E-state index is 0.0352. The van der Waals surface area contributed by atoms with Gasteiger partial charge in [0, 0.05) is 19.3 Å². The van der Waals surface area contributed by atoms with Crippen LogP contribution in [0.15, 0.2) is 48.8 Å². The molecule has 1 heterocycles. The molecule has 0 radical (unpaired) electrons. The smallest absolute Gasteiger partial charge is 0.321 e. The van der Waals surface area contributed by atoms with Crippen molar-refractivity contribution in [2.75, 3.05) is 19.5 Å². The van der Waals surface area contributed by atoms with Crippen LogP contribution >= 0.6 is 0 Å². The number of carbonyl (C=O) groups is 1. The number of amides is 2. The average Bonchev–Trinajstić information content (AvgIpc) is 2.55. The Labute approximate surface area is 130 Å². The van der Waals surface area contributed by atoms with E-state index in [1.165, 1.54) is 0 Å². The van der Waals surface area contributed by atoms with Crippen LogP contribution in [0.1, 0.15) is 12.5 Å². The second-order valence-electron chi connectivity index (χ2n) is 5.15. The van der Waals surface area contributed by atoms with E-state index in [2.05, 4.69) is 10.3 Å². The third-order valence-corrected chi connectivity index (χ3v) is 3.60. The lowest BCUT2D eigenvalue weighted by Gasteiger charge is -2.25. The number of pyridine rings is 1. The zero-order valence-electron chi connectivity index (χ0n) is 13.1. The fraction of sp³-hybridized carbons (Fsp3) is 0.294. The Hall–Kier alpha value is -2.56. The Balaban J connectivity index is 1.99. The number of methoxy groups -OCH3 is 1. The topological polar surface area (TPSA) is 54.5 Å². The van der Waals surface area contributed by atoms with Gasteiger partial charge in [-0.2, -0.15) is 0 Å². The van der Waals surface area contributed by atoms with Crippen molar-refractivity contribution in [2.24, 2.45) is 0 Å². The van der Waals surface area contributed by atoms with Crippen molar-refractivity contribution in [3.63, 3.8) is 0 Å². The minimum atomic E-state index is -0.157.